The second-order valence-electron chi connectivity index (χ2n) is 2.97. The molecule has 0 heterocycles. The van der Waals surface area contributed by atoms with Gasteiger partial charge in [0.2, 0.25) is 0 Å². The zero-order valence-corrected chi connectivity index (χ0v) is 8.21. The van der Waals surface area contributed by atoms with Crippen LogP contribution >= 0.6 is 0 Å². The summed E-state index contributed by atoms with van der Waals surface area (Å²) >= 11 is 0. The molecule has 7 heteroatoms. The topological polar surface area (TPSA) is 124 Å². The molecule has 0 aromatic rings. The summed E-state index contributed by atoms with van der Waals surface area (Å²) in [5.41, 5.74) is 0. The maximum absolute atomic E-state index is 10.9. The van der Waals surface area contributed by atoms with Crippen molar-refractivity contribution in [2.45, 2.75) is 38.3 Å². The van der Waals surface area contributed by atoms with Crippen molar-refractivity contribution in [2.24, 2.45) is 0 Å². The molecule has 0 spiro atoms. The average Bonchev–Trinajstić information content (AvgIpc) is 2.08. The number of aliphatic carboxylic acids is 1. The number of carboxylic acid groups (broad SMARTS) is 1. The summed E-state index contributed by atoms with van der Waals surface area (Å²) in [6.07, 6.45) is -2.30. The smallest absolute Gasteiger partial charge is 0.314 e. The van der Waals surface area contributed by atoms with Gasteiger partial charge in [-0.05, 0) is 6.42 Å². The van der Waals surface area contributed by atoms with Crippen molar-refractivity contribution in [1.82, 2.24) is 0 Å². The molecule has 0 saturated heterocycles. The molecule has 0 bridgehead atoms. The maximum atomic E-state index is 10.9. The van der Waals surface area contributed by atoms with Crippen molar-refractivity contribution in [2.75, 3.05) is 0 Å². The van der Waals surface area contributed by atoms with E-state index in [0.717, 1.165) is 0 Å². The summed E-state index contributed by atoms with van der Waals surface area (Å²) in [4.78, 5) is 21.0. The highest BCUT2D eigenvalue weighted by Gasteiger charge is 2.34. The van der Waals surface area contributed by atoms with Gasteiger partial charge >= 0.3 is 17.9 Å². The van der Waals surface area contributed by atoms with E-state index >= 15 is 0 Å². The minimum Gasteiger partial charge on any atom is -0.481 e. The Morgan fingerprint density at radius 2 is 1.80 bits per heavy atom. The Morgan fingerprint density at radius 1 is 1.27 bits per heavy atom. The van der Waals surface area contributed by atoms with Crippen LogP contribution in [0.25, 0.3) is 0 Å². The molecule has 0 amide bonds. The molecule has 0 radical (unpaired) electrons. The summed E-state index contributed by atoms with van der Waals surface area (Å²) < 4.78 is 4.46. The highest BCUT2D eigenvalue weighted by molar-refractivity contribution is 5.76. The van der Waals surface area contributed by atoms with Crippen LogP contribution in [0.3, 0.4) is 0 Å². The summed E-state index contributed by atoms with van der Waals surface area (Å²) in [6.45, 7) is 1.46. The molecular weight excluding hydrogens is 208 g/mol. The minimum atomic E-state index is -3.10. The number of carbonyl (C=O) groups is 2. The van der Waals surface area contributed by atoms with Gasteiger partial charge in [-0.15, -0.1) is 0 Å². The largest absolute Gasteiger partial charge is 0.481 e. The quantitative estimate of drug-likeness (QED) is 0.328. The molecule has 15 heavy (non-hydrogen) atoms. The lowest BCUT2D eigenvalue weighted by Gasteiger charge is -2.24. The number of carbonyl (C=O) groups excluding carboxylic acids is 1. The van der Waals surface area contributed by atoms with Crippen LogP contribution in [0.15, 0.2) is 0 Å². The van der Waals surface area contributed by atoms with Crippen LogP contribution in [0.2, 0.25) is 0 Å². The first-order valence-electron chi connectivity index (χ1n) is 4.35. The fourth-order valence-electron chi connectivity index (χ4n) is 0.863. The Labute approximate surface area is 85.9 Å². The standard InChI is InChI=1S/C8H14O7/c1-2-5(8(12,13)14)15-7(11)4-3-6(9)10/h5,12-14H,2-4H2,1H3,(H,9,10). The van der Waals surface area contributed by atoms with Crippen molar-refractivity contribution in [1.29, 1.82) is 0 Å². The van der Waals surface area contributed by atoms with Crippen LogP contribution < -0.4 is 0 Å². The molecule has 0 aliphatic carbocycles. The molecule has 0 saturated carbocycles. The summed E-state index contributed by atoms with van der Waals surface area (Å²) in [5.74, 6) is -5.18. The lowest BCUT2D eigenvalue weighted by atomic mass is 10.2. The number of hydrogen-bond acceptors (Lipinski definition) is 6. The van der Waals surface area contributed by atoms with Gasteiger partial charge in [0.15, 0.2) is 6.10 Å². The normalized spacial score (nSPS) is 13.3. The van der Waals surface area contributed by atoms with E-state index in [9.17, 15) is 9.59 Å². The van der Waals surface area contributed by atoms with Gasteiger partial charge in [0, 0.05) is 0 Å². The van der Waals surface area contributed by atoms with Crippen molar-refractivity contribution in [3.63, 3.8) is 0 Å². The average molecular weight is 222 g/mol. The first-order valence-corrected chi connectivity index (χ1v) is 4.35. The predicted molar refractivity (Wildman–Crippen MR) is 46.4 cm³/mol. The van der Waals surface area contributed by atoms with Gasteiger partial charge in [0.05, 0.1) is 12.8 Å². The molecule has 0 aromatic heterocycles. The van der Waals surface area contributed by atoms with E-state index in [-0.39, 0.29) is 12.8 Å². The third-order valence-electron chi connectivity index (χ3n) is 1.62. The Hall–Kier alpha value is -1.18. The van der Waals surface area contributed by atoms with E-state index in [1.165, 1.54) is 6.92 Å². The fraction of sp³-hybridized carbons (Fsp3) is 0.750. The summed E-state index contributed by atoms with van der Waals surface area (Å²) in [7, 11) is 0. The zero-order chi connectivity index (χ0) is 12.1. The number of rotatable bonds is 6. The number of carboxylic acids is 1. The molecule has 1 unspecified atom stereocenters. The van der Waals surface area contributed by atoms with Gasteiger partial charge in [0.25, 0.3) is 0 Å². The van der Waals surface area contributed by atoms with E-state index in [4.69, 9.17) is 20.4 Å². The molecule has 0 aliphatic heterocycles. The third kappa shape index (κ3) is 6.00. The SMILES string of the molecule is CCC(OC(=O)CCC(=O)O)C(O)(O)O. The highest BCUT2D eigenvalue weighted by atomic mass is 16.7. The first kappa shape index (κ1) is 13.8. The number of ether oxygens (including phenoxy) is 1. The molecule has 88 valence electrons. The molecule has 1 atom stereocenters. The second-order valence-corrected chi connectivity index (χ2v) is 2.97. The predicted octanol–water partition coefficient (Wildman–Crippen LogP) is -1.20. The Morgan fingerprint density at radius 3 is 2.13 bits per heavy atom. The second kappa shape index (κ2) is 5.64. The molecule has 4 N–H and O–H groups in total. The van der Waals surface area contributed by atoms with E-state index in [0.29, 0.717) is 0 Å². The fourth-order valence-corrected chi connectivity index (χ4v) is 0.863. The van der Waals surface area contributed by atoms with Crippen molar-refractivity contribution < 1.29 is 34.8 Å². The highest BCUT2D eigenvalue weighted by Crippen LogP contribution is 2.12. The van der Waals surface area contributed by atoms with Gasteiger partial charge in [-0.25, -0.2) is 0 Å². The van der Waals surface area contributed by atoms with Crippen LogP contribution in [0, 0.1) is 0 Å². The molecule has 0 rings (SSSR count). The Kier molecular flexibility index (Phi) is 5.20. The van der Waals surface area contributed by atoms with Crippen LogP contribution in [0.1, 0.15) is 26.2 Å². The first-order chi connectivity index (χ1) is 6.77. The van der Waals surface area contributed by atoms with Crippen LogP contribution in [-0.2, 0) is 14.3 Å². The molecule has 0 aromatic carbocycles. The maximum Gasteiger partial charge on any atom is 0.314 e. The van der Waals surface area contributed by atoms with Gasteiger partial charge < -0.3 is 25.2 Å². The molecule has 0 aliphatic rings. The van der Waals surface area contributed by atoms with Gasteiger partial charge in [-0.1, -0.05) is 6.92 Å². The Bertz CT molecular complexity index is 230. The van der Waals surface area contributed by atoms with Gasteiger partial charge in [-0.3, -0.25) is 9.59 Å². The lowest BCUT2D eigenvalue weighted by molar-refractivity contribution is -0.356. The van der Waals surface area contributed by atoms with E-state index in [1.807, 2.05) is 0 Å². The van der Waals surface area contributed by atoms with E-state index in [1.54, 1.807) is 0 Å². The number of esters is 1. The zero-order valence-electron chi connectivity index (χ0n) is 8.21. The molecular formula is C8H14O7. The van der Waals surface area contributed by atoms with Crippen molar-refractivity contribution >= 4 is 11.9 Å². The summed E-state index contributed by atoms with van der Waals surface area (Å²) in [5, 5.41) is 34.4. The van der Waals surface area contributed by atoms with Crippen LogP contribution in [0.5, 0.6) is 0 Å². The van der Waals surface area contributed by atoms with Crippen molar-refractivity contribution in [3.05, 3.63) is 0 Å². The third-order valence-corrected chi connectivity index (χ3v) is 1.62. The number of aliphatic hydroxyl groups is 3. The monoisotopic (exact) mass is 222 g/mol. The molecule has 0 fully saturated rings. The van der Waals surface area contributed by atoms with E-state index < -0.39 is 30.4 Å². The van der Waals surface area contributed by atoms with E-state index in [2.05, 4.69) is 4.74 Å². The van der Waals surface area contributed by atoms with Gasteiger partial charge in [-0.2, -0.15) is 0 Å². The minimum absolute atomic E-state index is 0.0116. The van der Waals surface area contributed by atoms with Gasteiger partial charge in [0.1, 0.15) is 0 Å². The Balaban J connectivity index is 4.08. The summed E-state index contributed by atoms with van der Waals surface area (Å²) in [6, 6.07) is 0. The molecule has 7 nitrogen and oxygen atoms in total. The van der Waals surface area contributed by atoms with Crippen LogP contribution in [0.4, 0.5) is 0 Å². The lowest BCUT2D eigenvalue weighted by Crippen LogP contribution is -2.44. The number of hydrogen-bond donors (Lipinski definition) is 4. The van der Waals surface area contributed by atoms with Crippen molar-refractivity contribution in [3.8, 4) is 0 Å². The van der Waals surface area contributed by atoms with Crippen LogP contribution in [-0.4, -0.2) is 44.4 Å².